The smallest absolute Gasteiger partial charge is 0.338 e. The number of hydrogen-bond acceptors (Lipinski definition) is 3. The summed E-state index contributed by atoms with van der Waals surface area (Å²) in [6, 6.07) is 5.75. The molecule has 2 aromatic carbocycles. The van der Waals surface area contributed by atoms with Crippen LogP contribution in [0.3, 0.4) is 0 Å². The Bertz CT molecular complexity index is 918. The molecule has 2 aromatic rings. The number of esters is 1. The second-order valence-electron chi connectivity index (χ2n) is 6.86. The molecule has 0 aliphatic heterocycles. The van der Waals surface area contributed by atoms with E-state index in [0.717, 1.165) is 17.2 Å². The Morgan fingerprint density at radius 1 is 1.20 bits per heavy atom. The molecule has 0 spiro atoms. The standard InChI is InChI=1S/C18H16ClFO4S/c1-18(2,3)24-17(21)12-6-11(9-4-10(12)5-9)13-7-16(25(22)23)15(20)8-14(13)19/h4,6-8H,5H2,1-3H3,(H,22,23). The summed E-state index contributed by atoms with van der Waals surface area (Å²) in [7, 11) is 0. The fourth-order valence-corrected chi connectivity index (χ4v) is 3.40. The Morgan fingerprint density at radius 2 is 1.84 bits per heavy atom. The SMILES string of the molecule is CC(C)(C)OC(=O)c1cc(-c2cc(S(=O)O)c(F)cc2Cl)c2cc1C2. The van der Waals surface area contributed by atoms with Gasteiger partial charge >= 0.3 is 5.97 Å². The first-order valence-corrected chi connectivity index (χ1v) is 9.04. The van der Waals surface area contributed by atoms with E-state index in [0.29, 0.717) is 23.1 Å². The van der Waals surface area contributed by atoms with E-state index in [-0.39, 0.29) is 9.92 Å². The first kappa shape index (κ1) is 18.0. The van der Waals surface area contributed by atoms with Crippen molar-refractivity contribution in [1.82, 2.24) is 0 Å². The van der Waals surface area contributed by atoms with Gasteiger partial charge in [0.15, 0.2) is 11.1 Å². The van der Waals surface area contributed by atoms with Crippen LogP contribution in [0.1, 0.15) is 42.3 Å². The Hall–Kier alpha value is -1.76. The average molecular weight is 383 g/mol. The number of hydrogen-bond donors (Lipinski definition) is 1. The minimum atomic E-state index is -2.48. The molecule has 1 N–H and O–H groups in total. The van der Waals surface area contributed by atoms with E-state index in [4.69, 9.17) is 16.3 Å². The van der Waals surface area contributed by atoms with E-state index in [9.17, 15) is 17.9 Å². The van der Waals surface area contributed by atoms with Crippen molar-refractivity contribution < 1.29 is 22.7 Å². The molecule has 4 nitrogen and oxygen atoms in total. The summed E-state index contributed by atoms with van der Waals surface area (Å²) in [6.45, 7) is 5.35. The van der Waals surface area contributed by atoms with Crippen LogP contribution in [0.15, 0.2) is 29.2 Å². The van der Waals surface area contributed by atoms with Crippen molar-refractivity contribution >= 4 is 28.7 Å². The van der Waals surface area contributed by atoms with Crippen LogP contribution in [0.25, 0.3) is 11.1 Å². The molecule has 4 rings (SSSR count). The molecule has 0 aromatic heterocycles. The van der Waals surface area contributed by atoms with Crippen LogP contribution in [0.5, 0.6) is 0 Å². The Balaban J connectivity index is 2.09. The number of carbonyl (C=O) groups excluding carboxylic acids is 1. The summed E-state index contributed by atoms with van der Waals surface area (Å²) in [5, 5.41) is 0.109. The Labute approximate surface area is 152 Å². The van der Waals surface area contributed by atoms with E-state index in [1.165, 1.54) is 6.07 Å². The van der Waals surface area contributed by atoms with Gasteiger partial charge in [-0.15, -0.1) is 0 Å². The molecule has 2 aliphatic carbocycles. The summed E-state index contributed by atoms with van der Waals surface area (Å²) in [6.07, 6.45) is 0.575. The van der Waals surface area contributed by atoms with E-state index in [1.807, 2.05) is 6.07 Å². The van der Waals surface area contributed by atoms with Crippen molar-refractivity contribution in [2.45, 2.75) is 37.7 Å². The maximum atomic E-state index is 13.8. The predicted octanol–water partition coefficient (Wildman–Crippen LogP) is 4.59. The number of carbonyl (C=O) groups is 1. The maximum Gasteiger partial charge on any atom is 0.338 e. The van der Waals surface area contributed by atoms with E-state index in [2.05, 4.69) is 0 Å². The number of rotatable bonds is 3. The third-order valence-electron chi connectivity index (χ3n) is 3.83. The fourth-order valence-electron chi connectivity index (χ4n) is 2.71. The van der Waals surface area contributed by atoms with Gasteiger partial charge in [0.1, 0.15) is 16.3 Å². The van der Waals surface area contributed by atoms with Crippen molar-refractivity contribution in [3.63, 3.8) is 0 Å². The fraction of sp³-hybridized carbons (Fsp3) is 0.278. The lowest BCUT2D eigenvalue weighted by atomic mass is 9.81. The zero-order valence-electron chi connectivity index (χ0n) is 13.9. The number of benzene rings is 2. The van der Waals surface area contributed by atoms with E-state index in [1.54, 1.807) is 26.8 Å². The van der Waals surface area contributed by atoms with Gasteiger partial charge in [0.05, 0.1) is 10.6 Å². The molecule has 0 saturated carbocycles. The summed E-state index contributed by atoms with van der Waals surface area (Å²) in [5.41, 5.74) is 2.65. The summed E-state index contributed by atoms with van der Waals surface area (Å²) >= 11 is 3.66. The van der Waals surface area contributed by atoms with Crippen molar-refractivity contribution in [2.24, 2.45) is 0 Å². The van der Waals surface area contributed by atoms with Crippen LogP contribution in [0.2, 0.25) is 5.02 Å². The van der Waals surface area contributed by atoms with Gasteiger partial charge < -0.3 is 9.29 Å². The van der Waals surface area contributed by atoms with Gasteiger partial charge in [-0.05, 0) is 62.1 Å². The third-order valence-corrected chi connectivity index (χ3v) is 4.83. The summed E-state index contributed by atoms with van der Waals surface area (Å²) < 4.78 is 39.7. The highest BCUT2D eigenvalue weighted by Crippen LogP contribution is 2.40. The Morgan fingerprint density at radius 3 is 2.40 bits per heavy atom. The molecule has 7 heteroatoms. The van der Waals surface area contributed by atoms with Gasteiger partial charge in [-0.1, -0.05) is 17.7 Å². The van der Waals surface area contributed by atoms with Gasteiger partial charge in [0, 0.05) is 5.56 Å². The van der Waals surface area contributed by atoms with Crippen LogP contribution in [0.4, 0.5) is 4.39 Å². The monoisotopic (exact) mass is 382 g/mol. The van der Waals surface area contributed by atoms with Crippen molar-refractivity contribution in [2.75, 3.05) is 0 Å². The lowest BCUT2D eigenvalue weighted by Crippen LogP contribution is -2.26. The quantitative estimate of drug-likeness (QED) is 0.531. The molecule has 25 heavy (non-hydrogen) atoms. The normalized spacial score (nSPS) is 14.0. The number of ether oxygens (including phenoxy) is 1. The molecule has 0 fully saturated rings. The molecule has 0 heterocycles. The van der Waals surface area contributed by atoms with Gasteiger partial charge in [-0.3, -0.25) is 0 Å². The Kier molecular flexibility index (Phi) is 4.47. The van der Waals surface area contributed by atoms with Crippen LogP contribution >= 0.6 is 11.6 Å². The molecule has 1 unspecified atom stereocenters. The highest BCUT2D eigenvalue weighted by atomic mass is 35.5. The van der Waals surface area contributed by atoms with Crippen molar-refractivity contribution in [3.05, 3.63) is 51.8 Å². The first-order valence-electron chi connectivity index (χ1n) is 7.56. The van der Waals surface area contributed by atoms with Gasteiger partial charge in [0.2, 0.25) is 0 Å². The lowest BCUT2D eigenvalue weighted by molar-refractivity contribution is 0.00680. The third kappa shape index (κ3) is 3.47. The number of fused-ring (bicyclic) bond motifs is 2. The van der Waals surface area contributed by atoms with Crippen molar-refractivity contribution in [1.29, 1.82) is 0 Å². The molecule has 0 saturated heterocycles. The van der Waals surface area contributed by atoms with Crippen LogP contribution in [0, 0.1) is 5.82 Å². The molecule has 2 bridgehead atoms. The van der Waals surface area contributed by atoms with Crippen LogP contribution in [-0.2, 0) is 22.2 Å². The molecule has 132 valence electrons. The highest BCUT2D eigenvalue weighted by molar-refractivity contribution is 7.79. The molecule has 0 radical (unpaired) electrons. The lowest BCUT2D eigenvalue weighted by Gasteiger charge is -2.26. The second kappa shape index (κ2) is 6.20. The zero-order chi connectivity index (χ0) is 18.5. The van der Waals surface area contributed by atoms with Crippen LogP contribution in [-0.4, -0.2) is 20.3 Å². The van der Waals surface area contributed by atoms with Gasteiger partial charge in [-0.2, -0.15) is 0 Å². The second-order valence-corrected chi connectivity index (χ2v) is 8.20. The zero-order valence-corrected chi connectivity index (χ0v) is 15.4. The molecular formula is C18H16ClFO4S. The minimum absolute atomic E-state index is 0.109. The molecular weight excluding hydrogens is 367 g/mol. The maximum absolute atomic E-state index is 13.8. The van der Waals surface area contributed by atoms with Gasteiger partial charge in [0.25, 0.3) is 0 Å². The van der Waals surface area contributed by atoms with Crippen molar-refractivity contribution in [3.8, 4) is 11.1 Å². The van der Waals surface area contributed by atoms with E-state index >= 15 is 0 Å². The number of halogens is 2. The minimum Gasteiger partial charge on any atom is -0.456 e. The predicted molar refractivity (Wildman–Crippen MR) is 93.9 cm³/mol. The van der Waals surface area contributed by atoms with E-state index < -0.39 is 28.5 Å². The highest BCUT2D eigenvalue weighted by Gasteiger charge is 2.28. The average Bonchev–Trinajstić information content (AvgIpc) is 2.43. The summed E-state index contributed by atoms with van der Waals surface area (Å²) in [4.78, 5) is 12.1. The molecule has 1 atom stereocenters. The topological polar surface area (TPSA) is 63.6 Å². The largest absolute Gasteiger partial charge is 0.456 e. The first-order chi connectivity index (χ1) is 11.6. The van der Waals surface area contributed by atoms with Gasteiger partial charge in [-0.25, -0.2) is 13.4 Å². The molecule has 2 aliphatic rings. The molecule has 0 amide bonds. The summed E-state index contributed by atoms with van der Waals surface area (Å²) in [5.74, 6) is -1.30. The van der Waals surface area contributed by atoms with Crippen LogP contribution < -0.4 is 0 Å².